The predicted molar refractivity (Wildman–Crippen MR) is 171 cm³/mol. The second kappa shape index (κ2) is 24.1. The number of urea groups is 1. The van der Waals surface area contributed by atoms with Crippen LogP contribution in [-0.4, -0.2) is 137 Å². The third-order valence-electron chi connectivity index (χ3n) is 7.62. The number of nitrogens with two attached hydrogens (primary N) is 1. The van der Waals surface area contributed by atoms with Crippen LogP contribution in [-0.2, 0) is 38.1 Å². The quantitative estimate of drug-likeness (QED) is 0.0556. The number of unbranched alkanes of at least 4 members (excludes halogenated alkanes) is 2. The summed E-state index contributed by atoms with van der Waals surface area (Å²) in [4.78, 5) is 50.0. The van der Waals surface area contributed by atoms with Crippen LogP contribution in [0.5, 0.6) is 0 Å². The molecule has 2 aliphatic heterocycles. The summed E-state index contributed by atoms with van der Waals surface area (Å²) in [6, 6.07) is -0.0797. The first-order chi connectivity index (χ1) is 21.9. The molecule has 45 heavy (non-hydrogen) atoms. The lowest BCUT2D eigenvalue weighted by Crippen LogP contribution is -2.41. The summed E-state index contributed by atoms with van der Waals surface area (Å²) in [5, 5.41) is 9.10. The Hall–Kier alpha value is -2.17. The number of hydrogen-bond donors (Lipinski definition) is 4. The van der Waals surface area contributed by atoms with Crippen LogP contribution < -0.4 is 21.7 Å². The number of methoxy groups -OCH3 is 1. The van der Waals surface area contributed by atoms with Crippen LogP contribution in [0.2, 0.25) is 0 Å². The van der Waals surface area contributed by atoms with Gasteiger partial charge < -0.3 is 50.3 Å². The molecule has 260 valence electrons. The molecule has 4 atom stereocenters. The first-order valence-electron chi connectivity index (χ1n) is 16.2. The number of amides is 4. The number of likely N-dealkylation sites (N-methyl/N-ethyl adjacent to an activating group) is 1. The van der Waals surface area contributed by atoms with Crippen LogP contribution in [0.15, 0.2) is 0 Å². The van der Waals surface area contributed by atoms with E-state index in [4.69, 9.17) is 29.4 Å². The van der Waals surface area contributed by atoms with Crippen molar-refractivity contribution in [1.82, 2.24) is 20.9 Å². The molecule has 4 amide bonds. The molecule has 2 saturated heterocycles. The zero-order valence-corrected chi connectivity index (χ0v) is 27.9. The van der Waals surface area contributed by atoms with Gasteiger partial charge in [0.05, 0.1) is 72.0 Å². The lowest BCUT2D eigenvalue weighted by Gasteiger charge is -2.26. The van der Waals surface area contributed by atoms with Crippen LogP contribution in [0.1, 0.15) is 58.3 Å². The van der Waals surface area contributed by atoms with Crippen molar-refractivity contribution < 1.29 is 42.9 Å². The van der Waals surface area contributed by atoms with Gasteiger partial charge in [0, 0.05) is 36.9 Å². The number of hydrogen-bond acceptors (Lipinski definition) is 11. The summed E-state index contributed by atoms with van der Waals surface area (Å²) < 4.78 is 26.6. The van der Waals surface area contributed by atoms with E-state index in [0.29, 0.717) is 77.4 Å². The van der Waals surface area contributed by atoms with Crippen molar-refractivity contribution in [3.05, 3.63) is 0 Å². The van der Waals surface area contributed by atoms with Gasteiger partial charge in [0.1, 0.15) is 6.04 Å². The maximum Gasteiger partial charge on any atom is 0.328 e. The highest BCUT2D eigenvalue weighted by atomic mass is 32.2. The molecule has 0 aromatic rings. The number of nitrogens with zero attached hydrogens (tertiary/aromatic N) is 1. The van der Waals surface area contributed by atoms with Gasteiger partial charge in [-0.3, -0.25) is 9.59 Å². The molecule has 0 saturated carbocycles. The molecule has 0 unspecified atom stereocenters. The maximum absolute atomic E-state index is 12.1. The Balaban J connectivity index is 1.32. The van der Waals surface area contributed by atoms with Crippen molar-refractivity contribution >= 4 is 35.6 Å². The minimum Gasteiger partial charge on any atom is -0.467 e. The van der Waals surface area contributed by atoms with Gasteiger partial charge in [0.15, 0.2) is 0 Å². The van der Waals surface area contributed by atoms with Gasteiger partial charge in [0.2, 0.25) is 11.8 Å². The van der Waals surface area contributed by atoms with E-state index in [0.717, 1.165) is 44.4 Å². The summed E-state index contributed by atoms with van der Waals surface area (Å²) in [5.74, 6) is 0.265. The van der Waals surface area contributed by atoms with E-state index in [1.165, 1.54) is 7.11 Å². The highest BCUT2D eigenvalue weighted by Crippen LogP contribution is 2.37. The molecule has 2 heterocycles. The number of thioether (sulfide) groups is 1. The SMILES string of the molecule is CCN1C(=O)N[C@H]2CS[C@@H](CCCCC(=O)NCCOCCOCCOCCOCCC(=O)N[C@@H](CCCCN)C(=O)OC)[C@H]21. The van der Waals surface area contributed by atoms with Gasteiger partial charge in [0.25, 0.3) is 0 Å². The largest absolute Gasteiger partial charge is 0.467 e. The Morgan fingerprint density at radius 3 is 2.24 bits per heavy atom. The summed E-state index contributed by atoms with van der Waals surface area (Å²) in [5.41, 5.74) is 5.48. The average Bonchev–Trinajstić information content (AvgIpc) is 3.57. The standard InChI is InChI=1S/C30H55N5O9S/c1-3-35-28-24(34-30(35)39)22-45-25(28)9-4-5-10-26(36)32-13-15-42-17-19-44-21-20-43-18-16-41-14-11-27(37)33-23(29(38)40-2)8-6-7-12-31/h23-25,28H,3-22,31H2,1-2H3,(H,32,36)(H,33,37)(H,34,39)/t23-,24-,25-,28-/m0/s1. The summed E-state index contributed by atoms with van der Waals surface area (Å²) in [6.07, 6.45) is 5.45. The van der Waals surface area contributed by atoms with E-state index in [-0.39, 0.29) is 43.0 Å². The molecule has 2 fully saturated rings. The Labute approximate surface area is 271 Å². The first-order valence-corrected chi connectivity index (χ1v) is 17.3. The zero-order valence-electron chi connectivity index (χ0n) is 27.1. The molecule has 0 bridgehead atoms. The third-order valence-corrected chi connectivity index (χ3v) is 9.12. The zero-order chi connectivity index (χ0) is 32.7. The molecular weight excluding hydrogens is 606 g/mol. The van der Waals surface area contributed by atoms with Crippen molar-refractivity contribution in [1.29, 1.82) is 0 Å². The lowest BCUT2D eigenvalue weighted by molar-refractivity contribution is -0.145. The molecule has 0 spiro atoms. The fourth-order valence-corrected chi connectivity index (χ4v) is 6.88. The summed E-state index contributed by atoms with van der Waals surface area (Å²) >= 11 is 1.93. The topological polar surface area (TPSA) is 180 Å². The lowest BCUT2D eigenvalue weighted by atomic mass is 10.0. The molecule has 15 heteroatoms. The maximum atomic E-state index is 12.1. The number of esters is 1. The van der Waals surface area contributed by atoms with Gasteiger partial charge in [-0.2, -0.15) is 11.8 Å². The number of carbonyl (C=O) groups excluding carboxylic acids is 4. The highest BCUT2D eigenvalue weighted by molar-refractivity contribution is 8.00. The Morgan fingerprint density at radius 1 is 0.933 bits per heavy atom. The first kappa shape index (κ1) is 39.0. The third kappa shape index (κ3) is 15.8. The monoisotopic (exact) mass is 661 g/mol. The van der Waals surface area contributed by atoms with Crippen LogP contribution in [0, 0.1) is 0 Å². The Bertz CT molecular complexity index is 872. The minimum absolute atomic E-state index is 0.0327. The second-order valence-corrected chi connectivity index (χ2v) is 12.2. The normalized spacial score (nSPS) is 19.7. The Kier molecular flexibility index (Phi) is 20.9. The van der Waals surface area contributed by atoms with Gasteiger partial charge >= 0.3 is 12.0 Å². The van der Waals surface area contributed by atoms with E-state index in [9.17, 15) is 19.2 Å². The molecule has 14 nitrogen and oxygen atoms in total. The highest BCUT2D eigenvalue weighted by Gasteiger charge is 2.47. The molecule has 0 aromatic heterocycles. The van der Waals surface area contributed by atoms with E-state index >= 15 is 0 Å². The van der Waals surface area contributed by atoms with E-state index in [1.54, 1.807) is 0 Å². The van der Waals surface area contributed by atoms with Crippen LogP contribution in [0.25, 0.3) is 0 Å². The van der Waals surface area contributed by atoms with Gasteiger partial charge in [-0.15, -0.1) is 0 Å². The van der Waals surface area contributed by atoms with Crippen molar-refractivity contribution in [2.45, 2.75) is 81.7 Å². The molecule has 2 aliphatic rings. The van der Waals surface area contributed by atoms with Crippen molar-refractivity contribution in [2.24, 2.45) is 5.73 Å². The Morgan fingerprint density at radius 2 is 1.60 bits per heavy atom. The molecule has 5 N–H and O–H groups in total. The average molecular weight is 662 g/mol. The van der Waals surface area contributed by atoms with E-state index in [1.807, 2.05) is 23.6 Å². The molecule has 0 aliphatic carbocycles. The van der Waals surface area contributed by atoms with Crippen LogP contribution in [0.3, 0.4) is 0 Å². The van der Waals surface area contributed by atoms with Crippen LogP contribution >= 0.6 is 11.8 Å². The fraction of sp³-hybridized carbons (Fsp3) is 0.867. The van der Waals surface area contributed by atoms with Crippen molar-refractivity contribution in [3.8, 4) is 0 Å². The molecule has 0 radical (unpaired) electrons. The number of nitrogens with one attached hydrogen (secondary N) is 3. The van der Waals surface area contributed by atoms with Gasteiger partial charge in [-0.1, -0.05) is 6.42 Å². The molecule has 2 rings (SSSR count). The summed E-state index contributed by atoms with van der Waals surface area (Å²) in [6.45, 7) is 6.81. The second-order valence-electron chi connectivity index (χ2n) is 10.9. The molecular formula is C30H55N5O9S. The number of ether oxygens (including phenoxy) is 5. The number of carbonyl (C=O) groups is 4. The van der Waals surface area contributed by atoms with Gasteiger partial charge in [-0.25, -0.2) is 9.59 Å². The van der Waals surface area contributed by atoms with Crippen molar-refractivity contribution in [2.75, 3.05) is 85.4 Å². The predicted octanol–water partition coefficient (Wildman–Crippen LogP) is 0.804. The van der Waals surface area contributed by atoms with Crippen LogP contribution in [0.4, 0.5) is 4.79 Å². The number of fused-ring (bicyclic) bond motifs is 1. The van der Waals surface area contributed by atoms with E-state index < -0.39 is 12.0 Å². The minimum atomic E-state index is -0.670. The molecule has 0 aromatic carbocycles. The summed E-state index contributed by atoms with van der Waals surface area (Å²) in [7, 11) is 1.30. The van der Waals surface area contributed by atoms with Crippen molar-refractivity contribution in [3.63, 3.8) is 0 Å². The smallest absolute Gasteiger partial charge is 0.328 e. The van der Waals surface area contributed by atoms with E-state index in [2.05, 4.69) is 16.0 Å². The number of rotatable bonds is 27. The fourth-order valence-electron chi connectivity index (χ4n) is 5.27. The van der Waals surface area contributed by atoms with Gasteiger partial charge in [-0.05, 0) is 45.6 Å².